The summed E-state index contributed by atoms with van der Waals surface area (Å²) in [6.07, 6.45) is 9.45. The molecule has 3 heteroatoms. The van der Waals surface area contributed by atoms with E-state index in [1.165, 1.54) is 51.5 Å². The van der Waals surface area contributed by atoms with Crippen molar-refractivity contribution >= 4 is 0 Å². The number of nitrogens with one attached hydrogen (secondary N) is 1. The highest BCUT2D eigenvalue weighted by Gasteiger charge is 2.41. The standard InChI is InChI=1S/C17H34N2O/c1-5-8-14-12-19(17(3,6-2)13-18-14)15-9-7-10-16(11-15)20-4/h14-16,18H,5-13H2,1-4H3. The molecule has 20 heavy (non-hydrogen) atoms. The number of nitrogens with zero attached hydrogens (tertiary/aromatic N) is 1. The second-order valence-corrected chi connectivity index (χ2v) is 7.05. The van der Waals surface area contributed by atoms with Crippen LogP contribution in [0.1, 0.15) is 65.7 Å². The SMILES string of the molecule is CCCC1CN(C2CCCC(OC)C2)C(C)(CC)CN1. The van der Waals surface area contributed by atoms with Gasteiger partial charge in [0.15, 0.2) is 0 Å². The van der Waals surface area contributed by atoms with Crippen molar-refractivity contribution in [1.29, 1.82) is 0 Å². The van der Waals surface area contributed by atoms with Gasteiger partial charge in [0.05, 0.1) is 6.10 Å². The Labute approximate surface area is 125 Å². The van der Waals surface area contributed by atoms with E-state index in [1.54, 1.807) is 0 Å². The van der Waals surface area contributed by atoms with Crippen molar-refractivity contribution in [2.24, 2.45) is 0 Å². The maximum Gasteiger partial charge on any atom is 0.0586 e. The molecule has 4 unspecified atom stereocenters. The summed E-state index contributed by atoms with van der Waals surface area (Å²) in [4.78, 5) is 2.83. The Morgan fingerprint density at radius 2 is 2.10 bits per heavy atom. The van der Waals surface area contributed by atoms with Crippen LogP contribution < -0.4 is 5.32 Å². The van der Waals surface area contributed by atoms with E-state index in [-0.39, 0.29) is 0 Å². The first-order chi connectivity index (χ1) is 9.62. The first kappa shape index (κ1) is 16.3. The number of rotatable bonds is 5. The molecule has 1 aliphatic heterocycles. The van der Waals surface area contributed by atoms with Crippen molar-refractivity contribution in [2.45, 2.75) is 89.4 Å². The highest BCUT2D eigenvalue weighted by molar-refractivity contribution is 4.99. The summed E-state index contributed by atoms with van der Waals surface area (Å²) in [7, 11) is 1.88. The van der Waals surface area contributed by atoms with Crippen molar-refractivity contribution < 1.29 is 4.74 Å². The van der Waals surface area contributed by atoms with Crippen LogP contribution in [-0.2, 0) is 4.74 Å². The summed E-state index contributed by atoms with van der Waals surface area (Å²) < 4.78 is 5.65. The van der Waals surface area contributed by atoms with Gasteiger partial charge in [-0.25, -0.2) is 0 Å². The third kappa shape index (κ3) is 3.55. The lowest BCUT2D eigenvalue weighted by atomic mass is 9.84. The number of hydrogen-bond acceptors (Lipinski definition) is 3. The summed E-state index contributed by atoms with van der Waals surface area (Å²) in [5.41, 5.74) is 0.324. The molecule has 1 saturated carbocycles. The van der Waals surface area contributed by atoms with E-state index < -0.39 is 0 Å². The number of piperazine rings is 1. The maximum atomic E-state index is 5.65. The molecule has 0 bridgehead atoms. The molecule has 0 spiro atoms. The van der Waals surface area contributed by atoms with Crippen LogP contribution in [0.25, 0.3) is 0 Å². The van der Waals surface area contributed by atoms with Crippen LogP contribution in [0.4, 0.5) is 0 Å². The predicted molar refractivity (Wildman–Crippen MR) is 85.2 cm³/mol. The molecule has 0 radical (unpaired) electrons. The van der Waals surface area contributed by atoms with Crippen LogP contribution in [0, 0.1) is 0 Å². The summed E-state index contributed by atoms with van der Waals surface area (Å²) in [5, 5.41) is 3.78. The summed E-state index contributed by atoms with van der Waals surface area (Å²) in [5.74, 6) is 0. The first-order valence-corrected chi connectivity index (χ1v) is 8.66. The van der Waals surface area contributed by atoms with E-state index in [1.807, 2.05) is 7.11 Å². The monoisotopic (exact) mass is 282 g/mol. The minimum atomic E-state index is 0.324. The highest BCUT2D eigenvalue weighted by atomic mass is 16.5. The van der Waals surface area contributed by atoms with Crippen LogP contribution in [0.5, 0.6) is 0 Å². The molecule has 1 aliphatic carbocycles. The van der Waals surface area contributed by atoms with Gasteiger partial charge in [0.1, 0.15) is 0 Å². The highest BCUT2D eigenvalue weighted by Crippen LogP contribution is 2.33. The maximum absolute atomic E-state index is 5.65. The normalized spacial score (nSPS) is 39.9. The van der Waals surface area contributed by atoms with E-state index in [0.717, 1.165) is 12.6 Å². The van der Waals surface area contributed by atoms with Crippen LogP contribution in [0.3, 0.4) is 0 Å². The first-order valence-electron chi connectivity index (χ1n) is 8.66. The third-order valence-electron chi connectivity index (χ3n) is 5.65. The predicted octanol–water partition coefficient (Wildman–Crippen LogP) is 3.19. The molecular weight excluding hydrogens is 248 g/mol. The Hall–Kier alpha value is -0.120. The van der Waals surface area contributed by atoms with E-state index in [4.69, 9.17) is 4.74 Å². The largest absolute Gasteiger partial charge is 0.381 e. The minimum absolute atomic E-state index is 0.324. The number of ether oxygens (including phenoxy) is 1. The van der Waals surface area contributed by atoms with Gasteiger partial charge in [-0.3, -0.25) is 4.90 Å². The molecule has 2 fully saturated rings. The summed E-state index contributed by atoms with van der Waals surface area (Å²) in [6.45, 7) is 9.44. The fourth-order valence-electron chi connectivity index (χ4n) is 4.07. The van der Waals surface area contributed by atoms with Crippen molar-refractivity contribution in [3.05, 3.63) is 0 Å². The van der Waals surface area contributed by atoms with Crippen molar-refractivity contribution in [1.82, 2.24) is 10.2 Å². The molecule has 0 aromatic heterocycles. The second kappa shape index (κ2) is 7.24. The Bertz CT molecular complexity index is 297. The number of hydrogen-bond donors (Lipinski definition) is 1. The van der Waals surface area contributed by atoms with Gasteiger partial charge in [0.2, 0.25) is 0 Å². The van der Waals surface area contributed by atoms with E-state index >= 15 is 0 Å². The average Bonchev–Trinajstić information content (AvgIpc) is 2.49. The van der Waals surface area contributed by atoms with Gasteiger partial charge in [-0.05, 0) is 45.4 Å². The molecule has 2 rings (SSSR count). The Morgan fingerprint density at radius 3 is 2.75 bits per heavy atom. The summed E-state index contributed by atoms with van der Waals surface area (Å²) >= 11 is 0. The van der Waals surface area contributed by atoms with Crippen molar-refractivity contribution in [2.75, 3.05) is 20.2 Å². The van der Waals surface area contributed by atoms with Crippen molar-refractivity contribution in [3.63, 3.8) is 0 Å². The molecule has 0 aromatic carbocycles. The summed E-state index contributed by atoms with van der Waals surface area (Å²) in [6, 6.07) is 1.41. The lowest BCUT2D eigenvalue weighted by Gasteiger charge is -2.53. The van der Waals surface area contributed by atoms with E-state index in [2.05, 4.69) is 31.0 Å². The average molecular weight is 282 g/mol. The Balaban J connectivity index is 2.06. The molecule has 2 aliphatic rings. The fourth-order valence-corrected chi connectivity index (χ4v) is 4.07. The smallest absolute Gasteiger partial charge is 0.0586 e. The molecule has 3 nitrogen and oxygen atoms in total. The zero-order chi connectivity index (χ0) is 14.6. The lowest BCUT2D eigenvalue weighted by Crippen LogP contribution is -2.66. The zero-order valence-electron chi connectivity index (χ0n) is 14.0. The van der Waals surface area contributed by atoms with Crippen molar-refractivity contribution in [3.8, 4) is 0 Å². The molecule has 4 atom stereocenters. The van der Waals surface area contributed by atoms with E-state index in [9.17, 15) is 0 Å². The van der Waals surface area contributed by atoms with Gasteiger partial charge in [0, 0.05) is 37.8 Å². The Morgan fingerprint density at radius 1 is 1.30 bits per heavy atom. The van der Waals surface area contributed by atoms with Crippen LogP contribution in [0.2, 0.25) is 0 Å². The van der Waals surface area contributed by atoms with Crippen LogP contribution in [0.15, 0.2) is 0 Å². The van der Waals surface area contributed by atoms with Gasteiger partial charge < -0.3 is 10.1 Å². The molecule has 118 valence electrons. The molecule has 0 aromatic rings. The molecule has 0 amide bonds. The van der Waals surface area contributed by atoms with Crippen LogP contribution in [-0.4, -0.2) is 48.8 Å². The van der Waals surface area contributed by atoms with Crippen LogP contribution >= 0.6 is 0 Å². The van der Waals surface area contributed by atoms with E-state index in [0.29, 0.717) is 17.7 Å². The van der Waals surface area contributed by atoms with Gasteiger partial charge in [-0.2, -0.15) is 0 Å². The fraction of sp³-hybridized carbons (Fsp3) is 1.00. The number of methoxy groups -OCH3 is 1. The van der Waals surface area contributed by atoms with Gasteiger partial charge in [-0.1, -0.05) is 20.3 Å². The lowest BCUT2D eigenvalue weighted by molar-refractivity contribution is -0.0363. The molecular formula is C17H34N2O. The van der Waals surface area contributed by atoms with Gasteiger partial charge in [-0.15, -0.1) is 0 Å². The molecule has 1 heterocycles. The van der Waals surface area contributed by atoms with Gasteiger partial charge in [0.25, 0.3) is 0 Å². The molecule has 1 N–H and O–H groups in total. The second-order valence-electron chi connectivity index (χ2n) is 7.05. The van der Waals surface area contributed by atoms with Gasteiger partial charge >= 0.3 is 0 Å². The molecule has 1 saturated heterocycles. The zero-order valence-corrected chi connectivity index (χ0v) is 14.0. The third-order valence-corrected chi connectivity index (χ3v) is 5.65. The topological polar surface area (TPSA) is 24.5 Å². The minimum Gasteiger partial charge on any atom is -0.381 e. The Kier molecular flexibility index (Phi) is 5.88. The quantitative estimate of drug-likeness (QED) is 0.838.